The summed E-state index contributed by atoms with van der Waals surface area (Å²) in [6.45, 7) is 1.95. The van der Waals surface area contributed by atoms with Crippen molar-refractivity contribution in [2.24, 2.45) is 0 Å². The predicted molar refractivity (Wildman–Crippen MR) is 66.0 cm³/mol. The maximum atomic E-state index is 11.7. The molecule has 19 heavy (non-hydrogen) atoms. The van der Waals surface area contributed by atoms with Gasteiger partial charge in [-0.25, -0.2) is 9.78 Å². The van der Waals surface area contributed by atoms with Crippen molar-refractivity contribution in [3.63, 3.8) is 0 Å². The number of hydrogen-bond donors (Lipinski definition) is 2. The Morgan fingerprint density at radius 1 is 1.63 bits per heavy atom. The summed E-state index contributed by atoms with van der Waals surface area (Å²) in [6, 6.07) is 1.40. The van der Waals surface area contributed by atoms with Crippen molar-refractivity contribution in [3.8, 4) is 0 Å². The minimum Gasteiger partial charge on any atom is -0.461 e. The van der Waals surface area contributed by atoms with Gasteiger partial charge in [0.15, 0.2) is 0 Å². The van der Waals surface area contributed by atoms with E-state index in [1.54, 1.807) is 6.92 Å². The zero-order valence-electron chi connectivity index (χ0n) is 10.5. The molecule has 0 radical (unpaired) electrons. The molecule has 1 saturated heterocycles. The quantitative estimate of drug-likeness (QED) is 0.555. The van der Waals surface area contributed by atoms with Crippen LogP contribution in [0.4, 0.5) is 0 Å². The van der Waals surface area contributed by atoms with Gasteiger partial charge in [0.25, 0.3) is 0 Å². The second-order valence-electron chi connectivity index (χ2n) is 4.74. The molecule has 100 valence electrons. The van der Waals surface area contributed by atoms with Crippen LogP contribution in [0.15, 0.2) is 6.07 Å². The lowest BCUT2D eigenvalue weighted by Gasteiger charge is -2.42. The molecule has 0 amide bonds. The van der Waals surface area contributed by atoms with Crippen molar-refractivity contribution in [1.82, 2.24) is 4.98 Å². The first-order valence-electron chi connectivity index (χ1n) is 6.32. The largest absolute Gasteiger partial charge is 0.488 e. The van der Waals surface area contributed by atoms with E-state index in [1.165, 1.54) is 6.07 Å². The fraction of sp³-hybridized carbons (Fsp3) is 0.500. The van der Waals surface area contributed by atoms with Gasteiger partial charge in [-0.05, 0) is 24.0 Å². The van der Waals surface area contributed by atoms with E-state index < -0.39 is 13.1 Å². The molecule has 1 fully saturated rings. The number of esters is 1. The number of aromatic nitrogens is 1. The Kier molecular flexibility index (Phi) is 3.04. The normalized spacial score (nSPS) is 23.3. The Balaban J connectivity index is 2.06. The fourth-order valence-corrected chi connectivity index (χ4v) is 2.64. The van der Waals surface area contributed by atoms with Crippen molar-refractivity contribution >= 4 is 18.6 Å². The van der Waals surface area contributed by atoms with E-state index in [9.17, 15) is 14.8 Å². The van der Waals surface area contributed by atoms with Gasteiger partial charge in [0.1, 0.15) is 11.8 Å². The molecule has 1 aliphatic carbocycles. The van der Waals surface area contributed by atoms with Crippen LogP contribution < -0.4 is 5.46 Å². The molecule has 6 nitrogen and oxygen atoms in total. The highest BCUT2D eigenvalue weighted by molar-refractivity contribution is 6.59. The molecule has 0 saturated carbocycles. The summed E-state index contributed by atoms with van der Waals surface area (Å²) in [7, 11) is -1.62. The van der Waals surface area contributed by atoms with Crippen LogP contribution in [-0.2, 0) is 15.9 Å². The van der Waals surface area contributed by atoms with Crippen molar-refractivity contribution in [2.75, 3.05) is 6.61 Å². The minimum atomic E-state index is -1.62. The van der Waals surface area contributed by atoms with Gasteiger partial charge in [0.05, 0.1) is 18.4 Å². The van der Waals surface area contributed by atoms with Crippen LogP contribution in [-0.4, -0.2) is 40.8 Å². The van der Waals surface area contributed by atoms with Gasteiger partial charge in [-0.3, -0.25) is 0 Å². The van der Waals surface area contributed by atoms with Crippen molar-refractivity contribution in [3.05, 3.63) is 23.0 Å². The smallest absolute Gasteiger partial charge is 0.461 e. The molecule has 3 heterocycles. The number of rotatable bonds is 3. The Hall–Kier alpha value is -1.44. The Bertz CT molecular complexity index is 510. The zero-order chi connectivity index (χ0) is 13.6. The van der Waals surface area contributed by atoms with E-state index >= 15 is 0 Å². The maximum absolute atomic E-state index is 11.7. The zero-order valence-corrected chi connectivity index (χ0v) is 10.5. The van der Waals surface area contributed by atoms with E-state index in [-0.39, 0.29) is 24.5 Å². The SMILES string of the molecule is CCOC(=O)c1cc(B(O)O)c2c(n1)C1CC(C2)O1. The number of pyridine rings is 1. The Morgan fingerprint density at radius 2 is 2.37 bits per heavy atom. The number of hydrogen-bond acceptors (Lipinski definition) is 6. The van der Waals surface area contributed by atoms with E-state index in [2.05, 4.69) is 4.98 Å². The molecular weight excluding hydrogens is 249 g/mol. The van der Waals surface area contributed by atoms with Crippen LogP contribution >= 0.6 is 0 Å². The van der Waals surface area contributed by atoms with Crippen LogP contribution in [0.25, 0.3) is 0 Å². The molecule has 1 aromatic rings. The maximum Gasteiger partial charge on any atom is 0.488 e. The standard InChI is InChI=1S/C12H14BNO5/c1-2-18-12(15)9-5-8(13(16)17)7-3-6-4-10(19-6)11(7)14-9/h5-6,10,16-17H,2-4H2,1H3. The van der Waals surface area contributed by atoms with Crippen LogP contribution in [0.1, 0.15) is 41.2 Å². The van der Waals surface area contributed by atoms with Crippen molar-refractivity contribution in [2.45, 2.75) is 32.0 Å². The van der Waals surface area contributed by atoms with Gasteiger partial charge >= 0.3 is 13.1 Å². The molecule has 0 aromatic carbocycles. The summed E-state index contributed by atoms with van der Waals surface area (Å²) in [6.07, 6.45) is 1.47. The monoisotopic (exact) mass is 263 g/mol. The Labute approximate surface area is 110 Å². The molecular formula is C12H14BNO5. The lowest BCUT2D eigenvalue weighted by molar-refractivity contribution is -0.139. The number of carbonyl (C=O) groups excluding carboxylic acids is 1. The average molecular weight is 263 g/mol. The van der Waals surface area contributed by atoms with Crippen LogP contribution in [0.3, 0.4) is 0 Å². The molecule has 2 N–H and O–H groups in total. The average Bonchev–Trinajstić information content (AvgIpc) is 2.35. The lowest BCUT2D eigenvalue weighted by atomic mass is 9.71. The molecule has 3 aliphatic rings. The van der Waals surface area contributed by atoms with Crippen LogP contribution in [0.5, 0.6) is 0 Å². The number of carbonyl (C=O) groups is 1. The minimum absolute atomic E-state index is 0.0950. The summed E-state index contributed by atoms with van der Waals surface area (Å²) >= 11 is 0. The molecule has 1 aromatic heterocycles. The molecule has 2 unspecified atom stereocenters. The van der Waals surface area contributed by atoms with Gasteiger partial charge < -0.3 is 19.5 Å². The second-order valence-corrected chi connectivity index (χ2v) is 4.74. The lowest BCUT2D eigenvalue weighted by Crippen LogP contribution is -2.46. The number of nitrogens with zero attached hydrogens (tertiary/aromatic N) is 1. The van der Waals surface area contributed by atoms with Crippen molar-refractivity contribution < 1.29 is 24.3 Å². The van der Waals surface area contributed by atoms with E-state index in [0.717, 1.165) is 12.0 Å². The first kappa shape index (κ1) is 12.6. The highest BCUT2D eigenvalue weighted by atomic mass is 16.5. The van der Waals surface area contributed by atoms with Gasteiger partial charge in [0.2, 0.25) is 0 Å². The number of ether oxygens (including phenoxy) is 2. The first-order chi connectivity index (χ1) is 9.10. The highest BCUT2D eigenvalue weighted by Gasteiger charge is 2.42. The molecule has 7 heteroatoms. The Morgan fingerprint density at radius 3 is 3.00 bits per heavy atom. The molecule has 0 spiro atoms. The topological polar surface area (TPSA) is 88.9 Å². The van der Waals surface area contributed by atoms with Crippen LogP contribution in [0, 0.1) is 0 Å². The van der Waals surface area contributed by atoms with E-state index in [1.807, 2.05) is 0 Å². The summed E-state index contributed by atoms with van der Waals surface area (Å²) in [5, 5.41) is 18.9. The van der Waals surface area contributed by atoms with Crippen LogP contribution in [0.2, 0.25) is 0 Å². The molecule has 2 bridgehead atoms. The fourth-order valence-electron chi connectivity index (χ4n) is 2.64. The third kappa shape index (κ3) is 2.03. The van der Waals surface area contributed by atoms with Crippen molar-refractivity contribution in [1.29, 1.82) is 0 Å². The third-order valence-corrected chi connectivity index (χ3v) is 3.52. The second kappa shape index (κ2) is 4.59. The third-order valence-electron chi connectivity index (χ3n) is 3.52. The molecule has 2 aliphatic heterocycles. The van der Waals surface area contributed by atoms with Gasteiger partial charge in [-0.15, -0.1) is 0 Å². The summed E-state index contributed by atoms with van der Waals surface area (Å²) < 4.78 is 10.4. The summed E-state index contributed by atoms with van der Waals surface area (Å²) in [5.74, 6) is -0.561. The van der Waals surface area contributed by atoms with E-state index in [4.69, 9.17) is 9.47 Å². The van der Waals surface area contributed by atoms with Gasteiger partial charge in [-0.1, -0.05) is 0 Å². The summed E-state index contributed by atoms with van der Waals surface area (Å²) in [5.41, 5.74) is 1.84. The van der Waals surface area contributed by atoms with E-state index in [0.29, 0.717) is 17.6 Å². The predicted octanol–water partition coefficient (Wildman–Crippen LogP) is -0.676. The van der Waals surface area contributed by atoms with Gasteiger partial charge in [0, 0.05) is 12.8 Å². The summed E-state index contributed by atoms with van der Waals surface area (Å²) in [4.78, 5) is 16.0. The van der Waals surface area contributed by atoms with Gasteiger partial charge in [-0.2, -0.15) is 0 Å². The first-order valence-corrected chi connectivity index (χ1v) is 6.32. The highest BCUT2D eigenvalue weighted by Crippen LogP contribution is 2.42. The molecule has 4 rings (SSSR count). The molecule has 2 atom stereocenters.